The molecule has 13 heteroatoms. The second-order valence-corrected chi connectivity index (χ2v) is 11.9. The van der Waals surface area contributed by atoms with E-state index in [2.05, 4.69) is 5.32 Å². The van der Waals surface area contributed by atoms with Gasteiger partial charge in [0.05, 0.1) is 17.2 Å². The third-order valence-corrected chi connectivity index (χ3v) is 9.66. The van der Waals surface area contributed by atoms with Gasteiger partial charge < -0.3 is 31.5 Å². The molecule has 4 aliphatic carbocycles. The molecule has 6 rings (SSSR count). The van der Waals surface area contributed by atoms with Crippen molar-refractivity contribution < 1.29 is 48.0 Å². The molecule has 0 aromatic heterocycles. The fourth-order valence-electron chi connectivity index (χ4n) is 7.78. The second-order valence-electron chi connectivity index (χ2n) is 11.9. The molecule has 1 heterocycles. The van der Waals surface area contributed by atoms with Crippen molar-refractivity contribution in [2.45, 2.75) is 75.4 Å². The van der Waals surface area contributed by atoms with Gasteiger partial charge in [-0.05, 0) is 74.7 Å². The number of allylic oxidation sites excluding steroid dienone is 1. The molecule has 5 aliphatic rings. The smallest absolute Gasteiger partial charge is 0.417 e. The van der Waals surface area contributed by atoms with Crippen LogP contribution in [-0.2, 0) is 22.2 Å². The zero-order valence-electron chi connectivity index (χ0n) is 22.8. The number of aliphatic hydroxyl groups excluding tert-OH is 2. The molecule has 5 atom stereocenters. The van der Waals surface area contributed by atoms with E-state index in [1.807, 2.05) is 0 Å². The third-order valence-electron chi connectivity index (χ3n) is 9.66. The fraction of sp³-hybridized carbons (Fsp3) is 0.552. The van der Waals surface area contributed by atoms with E-state index >= 15 is 0 Å². The Hall–Kier alpha value is -3.42. The van der Waals surface area contributed by atoms with Crippen molar-refractivity contribution in [3.8, 4) is 5.75 Å². The van der Waals surface area contributed by atoms with Gasteiger partial charge in [-0.15, -0.1) is 0 Å². The molecule has 226 valence electrons. The number of phenols is 1. The van der Waals surface area contributed by atoms with Crippen LogP contribution in [0.5, 0.6) is 5.75 Å². The monoisotopic (exact) mass is 591 g/mol. The number of ketones is 2. The first kappa shape index (κ1) is 28.7. The number of nitrogens with one attached hydrogen (secondary N) is 1. The number of carbonyl (C=O) groups is 3. The number of phenolic OH excluding ortho intramolecular Hbond substituents is 1. The number of aliphatic hydroxyl groups is 3. The summed E-state index contributed by atoms with van der Waals surface area (Å²) in [5, 5.41) is 48.5. The minimum atomic E-state index is -4.87. The van der Waals surface area contributed by atoms with Crippen molar-refractivity contribution in [2.24, 2.45) is 17.6 Å². The Morgan fingerprint density at radius 1 is 1.19 bits per heavy atom. The lowest BCUT2D eigenvalue weighted by Gasteiger charge is -2.51. The zero-order valence-corrected chi connectivity index (χ0v) is 22.8. The Morgan fingerprint density at radius 3 is 2.43 bits per heavy atom. The minimum absolute atomic E-state index is 0.0646. The highest BCUT2D eigenvalue weighted by molar-refractivity contribution is 6.24. The van der Waals surface area contributed by atoms with E-state index in [-0.39, 0.29) is 18.0 Å². The lowest BCUT2D eigenvalue weighted by atomic mass is 9.58. The van der Waals surface area contributed by atoms with Crippen LogP contribution in [0.4, 0.5) is 13.2 Å². The highest BCUT2D eigenvalue weighted by Crippen LogP contribution is 2.55. The van der Waals surface area contributed by atoms with Gasteiger partial charge in [-0.2, -0.15) is 13.2 Å². The molecular formula is C29H32F3N3O7. The van der Waals surface area contributed by atoms with Crippen LogP contribution < -0.4 is 11.1 Å². The molecule has 7 N–H and O–H groups in total. The lowest BCUT2D eigenvalue weighted by molar-refractivity contribution is -0.149. The van der Waals surface area contributed by atoms with Gasteiger partial charge in [-0.3, -0.25) is 19.3 Å². The van der Waals surface area contributed by atoms with Gasteiger partial charge in [0.2, 0.25) is 5.78 Å². The van der Waals surface area contributed by atoms with Gasteiger partial charge in [0.25, 0.3) is 5.91 Å². The maximum atomic E-state index is 14.7. The number of fused-ring (bicyclic) bond motifs is 3. The quantitative estimate of drug-likeness (QED) is 0.281. The number of likely N-dealkylation sites (N-methyl/N-ethyl adjacent to an activating group) is 1. The predicted molar refractivity (Wildman–Crippen MR) is 140 cm³/mol. The maximum absolute atomic E-state index is 14.7. The molecular weight excluding hydrogens is 559 g/mol. The van der Waals surface area contributed by atoms with E-state index in [4.69, 9.17) is 5.73 Å². The third kappa shape index (κ3) is 3.93. The van der Waals surface area contributed by atoms with Gasteiger partial charge in [-0.1, -0.05) is 6.92 Å². The number of Topliss-reactive ketones (excluding diaryl/α,β-unsaturated/α-hetero) is 2. The number of amides is 1. The molecule has 1 amide bonds. The Kier molecular flexibility index (Phi) is 6.52. The molecule has 1 unspecified atom stereocenters. The summed E-state index contributed by atoms with van der Waals surface area (Å²) in [5.41, 5.74) is -1.08. The molecule has 42 heavy (non-hydrogen) atoms. The summed E-state index contributed by atoms with van der Waals surface area (Å²) >= 11 is 0. The molecule has 1 aromatic rings. The largest absolute Gasteiger partial charge is 0.510 e. The molecule has 1 aliphatic heterocycles. The van der Waals surface area contributed by atoms with Crippen LogP contribution in [0.15, 0.2) is 28.7 Å². The molecule has 2 fully saturated rings. The number of aromatic hydroxyl groups is 1. The molecule has 1 aromatic carbocycles. The van der Waals surface area contributed by atoms with Crippen molar-refractivity contribution in [1.82, 2.24) is 10.2 Å². The Balaban J connectivity index is 1.56. The number of alkyl halides is 3. The van der Waals surface area contributed by atoms with Gasteiger partial charge >= 0.3 is 6.18 Å². The first-order chi connectivity index (χ1) is 19.7. The summed E-state index contributed by atoms with van der Waals surface area (Å²) in [7, 11) is 0. The fourth-order valence-corrected chi connectivity index (χ4v) is 7.78. The standard InChI is InChI=1S/C29H32F3N3O7/c1-2-35(12-5-6-12)22-15-9-11-8-14-19(17(36)10-13(16-4-3-7-34-16)21(14)29(30,31)32)23(37)18(11)25(39)28(15,42)26(40)20(24(22)38)27(33)41/h10-12,15-16,22,34,36,38-39,42H,2-9H2,1H3,(H2,33,41)/t11-,15-,16?,22-,28-/m0/s1. The summed E-state index contributed by atoms with van der Waals surface area (Å²) in [6, 6.07) is -0.993. The zero-order chi connectivity index (χ0) is 30.5. The average Bonchev–Trinajstić information content (AvgIpc) is 3.58. The van der Waals surface area contributed by atoms with E-state index in [0.29, 0.717) is 25.9 Å². The number of primary amides is 1. The molecule has 0 bridgehead atoms. The Morgan fingerprint density at radius 2 is 1.88 bits per heavy atom. The van der Waals surface area contributed by atoms with Crippen LogP contribution in [0, 0.1) is 11.8 Å². The average molecular weight is 592 g/mol. The summed E-state index contributed by atoms with van der Waals surface area (Å²) in [5.74, 6) is -8.71. The van der Waals surface area contributed by atoms with Crippen molar-refractivity contribution in [2.75, 3.05) is 13.1 Å². The Labute approximate surface area is 238 Å². The SMILES string of the molecule is CCN(C1CC1)[C@@H]1C(O)=C(C(N)=O)C(=O)[C@@]2(O)C(O)=C3C(=O)c4c(O)cc(C5CCCN5)c(C(F)(F)F)c4C[C@H]3C[C@@H]12. The molecule has 1 saturated carbocycles. The van der Waals surface area contributed by atoms with E-state index < -0.39 is 105 Å². The molecule has 10 nitrogen and oxygen atoms in total. The number of halogens is 3. The number of carbonyl (C=O) groups excluding carboxylic acids is 3. The normalized spacial score (nSPS) is 31.4. The number of hydrogen-bond donors (Lipinski definition) is 6. The molecule has 0 spiro atoms. The summed E-state index contributed by atoms with van der Waals surface area (Å²) in [6.45, 7) is 2.59. The number of nitrogens with zero attached hydrogens (tertiary/aromatic N) is 1. The first-order valence-corrected chi connectivity index (χ1v) is 14.2. The van der Waals surface area contributed by atoms with Crippen LogP contribution in [0.1, 0.15) is 72.1 Å². The first-order valence-electron chi connectivity index (χ1n) is 14.2. The number of nitrogens with two attached hydrogens (primary N) is 1. The minimum Gasteiger partial charge on any atom is -0.510 e. The van der Waals surface area contributed by atoms with Gasteiger partial charge in [-0.25, -0.2) is 0 Å². The van der Waals surface area contributed by atoms with Crippen molar-refractivity contribution in [3.63, 3.8) is 0 Å². The molecule has 0 radical (unpaired) electrons. The van der Waals surface area contributed by atoms with Crippen molar-refractivity contribution >= 4 is 17.5 Å². The second kappa shape index (κ2) is 9.55. The van der Waals surface area contributed by atoms with Crippen molar-refractivity contribution in [1.29, 1.82) is 0 Å². The van der Waals surface area contributed by atoms with E-state index in [0.717, 1.165) is 18.9 Å². The Bertz CT molecular complexity index is 1480. The van der Waals surface area contributed by atoms with E-state index in [1.54, 1.807) is 11.8 Å². The van der Waals surface area contributed by atoms with E-state index in [9.17, 15) is 48.0 Å². The summed E-state index contributed by atoms with van der Waals surface area (Å²) < 4.78 is 44.0. The van der Waals surface area contributed by atoms with Gasteiger partial charge in [0.1, 0.15) is 22.8 Å². The topological polar surface area (TPSA) is 173 Å². The van der Waals surface area contributed by atoms with Crippen LogP contribution in [0.3, 0.4) is 0 Å². The number of benzene rings is 1. The van der Waals surface area contributed by atoms with Crippen LogP contribution in [0.2, 0.25) is 0 Å². The highest BCUT2D eigenvalue weighted by atomic mass is 19.4. The predicted octanol–water partition coefficient (Wildman–Crippen LogP) is 2.49. The number of hydrogen-bond acceptors (Lipinski definition) is 9. The van der Waals surface area contributed by atoms with Gasteiger partial charge in [0, 0.05) is 23.6 Å². The maximum Gasteiger partial charge on any atom is 0.417 e. The van der Waals surface area contributed by atoms with Crippen LogP contribution in [0.25, 0.3) is 0 Å². The number of rotatable bonds is 5. The molecule has 1 saturated heterocycles. The van der Waals surface area contributed by atoms with Gasteiger partial charge in [0.15, 0.2) is 11.4 Å². The summed E-state index contributed by atoms with van der Waals surface area (Å²) in [6.07, 6.45) is -3.04. The lowest BCUT2D eigenvalue weighted by Crippen LogP contribution is -2.64. The van der Waals surface area contributed by atoms with Crippen LogP contribution >= 0.6 is 0 Å². The van der Waals surface area contributed by atoms with Crippen molar-refractivity contribution in [3.05, 3.63) is 51.0 Å². The van der Waals surface area contributed by atoms with Crippen LogP contribution in [-0.4, -0.2) is 73.6 Å². The summed E-state index contributed by atoms with van der Waals surface area (Å²) in [4.78, 5) is 41.5. The highest BCUT2D eigenvalue weighted by Gasteiger charge is 2.64. The van der Waals surface area contributed by atoms with E-state index in [1.165, 1.54) is 0 Å².